The molecule has 5 rings (SSSR count). The Morgan fingerprint density at radius 1 is 1.09 bits per heavy atom. The van der Waals surface area contributed by atoms with Crippen molar-refractivity contribution in [2.24, 2.45) is 0 Å². The van der Waals surface area contributed by atoms with Gasteiger partial charge < -0.3 is 19.6 Å². The smallest absolute Gasteiger partial charge is 0.353 e. The van der Waals surface area contributed by atoms with E-state index in [-0.39, 0.29) is 50.4 Å². The van der Waals surface area contributed by atoms with Crippen LogP contribution in [0.5, 0.6) is 0 Å². The molecule has 0 radical (unpaired) electrons. The Bertz CT molecular complexity index is 1860. The third kappa shape index (κ3) is 3.64. The summed E-state index contributed by atoms with van der Waals surface area (Å²) in [7, 11) is 0. The van der Waals surface area contributed by atoms with Crippen LogP contribution in [0.4, 0.5) is 4.39 Å². The van der Waals surface area contributed by atoms with Crippen molar-refractivity contribution in [2.75, 3.05) is 0 Å². The maximum atomic E-state index is 14.6. The number of aromatic nitrogens is 4. The first kappa shape index (κ1) is 22.4. The van der Waals surface area contributed by atoms with E-state index in [0.717, 1.165) is 0 Å². The number of carboxylic acid groups (broad SMARTS) is 1. The number of nitrogens with one attached hydrogen (secondary N) is 3. The van der Waals surface area contributed by atoms with E-state index in [1.54, 1.807) is 13.0 Å². The van der Waals surface area contributed by atoms with E-state index < -0.39 is 28.6 Å². The maximum Gasteiger partial charge on any atom is 0.353 e. The van der Waals surface area contributed by atoms with Gasteiger partial charge in [-0.05, 0) is 54.4 Å². The van der Waals surface area contributed by atoms with E-state index >= 15 is 0 Å². The molecule has 2 aromatic carbocycles. The molecule has 11 heteroatoms. The van der Waals surface area contributed by atoms with Crippen molar-refractivity contribution in [3.05, 3.63) is 101 Å². The molecular weight excluding hydrogens is 479 g/mol. The van der Waals surface area contributed by atoms with Gasteiger partial charge in [0.1, 0.15) is 11.5 Å². The van der Waals surface area contributed by atoms with Crippen molar-refractivity contribution in [2.45, 2.75) is 13.5 Å². The van der Waals surface area contributed by atoms with Gasteiger partial charge in [-0.15, -0.1) is 0 Å². The van der Waals surface area contributed by atoms with E-state index in [2.05, 4.69) is 15.0 Å². The fourth-order valence-corrected chi connectivity index (χ4v) is 4.50. The lowest BCUT2D eigenvalue weighted by Crippen LogP contribution is -2.22. The molecule has 0 fully saturated rings. The third-order valence-corrected chi connectivity index (χ3v) is 6.22. The van der Waals surface area contributed by atoms with E-state index in [1.165, 1.54) is 41.1 Å². The van der Waals surface area contributed by atoms with Gasteiger partial charge >= 0.3 is 11.7 Å². The normalized spacial score (nSPS) is 11.4. The average molecular weight is 495 g/mol. The lowest BCUT2D eigenvalue weighted by molar-refractivity contribution is 0.0687. The molecule has 176 valence electrons. The van der Waals surface area contributed by atoms with Gasteiger partial charge in [-0.25, -0.2) is 14.0 Å². The topological polar surface area (TPSA) is 141 Å². The van der Waals surface area contributed by atoms with Crippen molar-refractivity contribution in [1.82, 2.24) is 19.5 Å². The number of H-pyrrole nitrogens is 3. The number of pyridine rings is 1. The highest BCUT2D eigenvalue weighted by molar-refractivity contribution is 6.32. The van der Waals surface area contributed by atoms with Crippen LogP contribution in [0.1, 0.15) is 21.6 Å². The minimum absolute atomic E-state index is 0.110. The number of rotatable bonds is 4. The van der Waals surface area contributed by atoms with Gasteiger partial charge in [0.05, 0.1) is 16.4 Å². The minimum atomic E-state index is -1.34. The molecule has 9 nitrogen and oxygen atoms in total. The van der Waals surface area contributed by atoms with Crippen LogP contribution in [0.3, 0.4) is 0 Å². The zero-order valence-electron chi connectivity index (χ0n) is 18.0. The summed E-state index contributed by atoms with van der Waals surface area (Å²) in [4.78, 5) is 56.1. The average Bonchev–Trinajstić information content (AvgIpc) is 3.08. The van der Waals surface area contributed by atoms with E-state index in [1.807, 2.05) is 0 Å². The van der Waals surface area contributed by atoms with Gasteiger partial charge in [0.15, 0.2) is 0 Å². The van der Waals surface area contributed by atoms with Gasteiger partial charge in [0.2, 0.25) is 0 Å². The fraction of sp³-hybridized carbons (Fsp3) is 0.0833. The highest BCUT2D eigenvalue weighted by Gasteiger charge is 2.26. The Hall–Kier alpha value is -4.44. The number of carbonyl (C=O) groups is 1. The lowest BCUT2D eigenvalue weighted by atomic mass is 10.0. The zero-order chi connectivity index (χ0) is 25.0. The largest absolute Gasteiger partial charge is 0.477 e. The predicted molar refractivity (Wildman–Crippen MR) is 129 cm³/mol. The SMILES string of the molecule is Cc1cc2c(-c3ccc[nH]c3=O)c(C(=O)O)n(Cc3cc4c(=O)[nH]c(=O)[nH]c4cc3Cl)c2cc1F. The van der Waals surface area contributed by atoms with Gasteiger partial charge in [0.25, 0.3) is 11.1 Å². The Balaban J connectivity index is 1.85. The van der Waals surface area contributed by atoms with Crippen LogP contribution in [-0.2, 0) is 6.54 Å². The number of aryl methyl sites for hydroxylation is 1. The molecular formula is C24H16ClFN4O5. The molecule has 0 aliphatic heterocycles. The second kappa shape index (κ2) is 8.10. The second-order valence-electron chi connectivity index (χ2n) is 8.04. The first-order valence-corrected chi connectivity index (χ1v) is 10.7. The standard InChI is InChI=1S/C24H16ClFN4O5/c1-10-5-14-18(8-16(10)26)30(20(23(33)34)19(14)12-3-2-4-27-21(12)31)9-11-6-13-17(7-15(11)25)28-24(35)29-22(13)32/h2-8H,9H2,1H3,(H,27,31)(H,33,34)(H2,28,29,32,35). The number of benzene rings is 2. The first-order chi connectivity index (χ1) is 16.7. The number of nitrogens with zero attached hydrogens (tertiary/aromatic N) is 1. The molecule has 3 aromatic heterocycles. The summed E-state index contributed by atoms with van der Waals surface area (Å²) < 4.78 is 16.0. The number of fused-ring (bicyclic) bond motifs is 2. The molecule has 0 amide bonds. The van der Waals surface area contributed by atoms with Crippen LogP contribution in [0, 0.1) is 12.7 Å². The number of carboxylic acids is 1. The number of hydrogen-bond acceptors (Lipinski definition) is 4. The summed E-state index contributed by atoms with van der Waals surface area (Å²) in [5.41, 5.74) is -0.768. The van der Waals surface area contributed by atoms with Crippen LogP contribution < -0.4 is 16.8 Å². The number of aromatic carboxylic acids is 1. The molecule has 0 bridgehead atoms. The Labute approximate surface area is 199 Å². The summed E-state index contributed by atoms with van der Waals surface area (Å²) in [5.74, 6) is -1.89. The maximum absolute atomic E-state index is 14.6. The highest BCUT2D eigenvalue weighted by Crippen LogP contribution is 2.36. The summed E-state index contributed by atoms with van der Waals surface area (Å²) in [5, 5.41) is 10.8. The number of hydrogen-bond donors (Lipinski definition) is 4. The van der Waals surface area contributed by atoms with Crippen LogP contribution in [-0.4, -0.2) is 30.6 Å². The van der Waals surface area contributed by atoms with Crippen molar-refractivity contribution < 1.29 is 14.3 Å². The minimum Gasteiger partial charge on any atom is -0.477 e. The predicted octanol–water partition coefficient (Wildman–Crippen LogP) is 3.37. The molecule has 0 saturated heterocycles. The lowest BCUT2D eigenvalue weighted by Gasteiger charge is -2.12. The van der Waals surface area contributed by atoms with E-state index in [4.69, 9.17) is 11.6 Å². The summed E-state index contributed by atoms with van der Waals surface area (Å²) in [6, 6.07) is 8.58. The van der Waals surface area contributed by atoms with Crippen LogP contribution >= 0.6 is 11.6 Å². The highest BCUT2D eigenvalue weighted by atomic mass is 35.5. The third-order valence-electron chi connectivity index (χ3n) is 5.87. The molecule has 5 aromatic rings. The van der Waals surface area contributed by atoms with Gasteiger partial charge in [-0.1, -0.05) is 11.6 Å². The molecule has 3 heterocycles. The molecule has 4 N–H and O–H groups in total. The molecule has 0 unspecified atom stereocenters. The number of halogens is 2. The molecule has 35 heavy (non-hydrogen) atoms. The van der Waals surface area contributed by atoms with E-state index in [0.29, 0.717) is 10.9 Å². The Morgan fingerprint density at radius 3 is 2.57 bits per heavy atom. The zero-order valence-corrected chi connectivity index (χ0v) is 18.8. The summed E-state index contributed by atoms with van der Waals surface area (Å²) >= 11 is 6.42. The molecule has 0 atom stereocenters. The van der Waals surface area contributed by atoms with Crippen LogP contribution in [0.15, 0.2) is 57.0 Å². The molecule has 0 aliphatic rings. The Morgan fingerprint density at radius 2 is 1.86 bits per heavy atom. The summed E-state index contributed by atoms with van der Waals surface area (Å²) in [6.07, 6.45) is 1.42. The molecule has 0 aliphatic carbocycles. The monoisotopic (exact) mass is 494 g/mol. The van der Waals surface area contributed by atoms with Gasteiger partial charge in [0, 0.05) is 34.3 Å². The first-order valence-electron chi connectivity index (χ1n) is 10.3. The van der Waals surface area contributed by atoms with Gasteiger partial charge in [-0.2, -0.15) is 0 Å². The van der Waals surface area contributed by atoms with Gasteiger partial charge in [-0.3, -0.25) is 14.6 Å². The molecule has 0 saturated carbocycles. The second-order valence-corrected chi connectivity index (χ2v) is 8.45. The van der Waals surface area contributed by atoms with Crippen molar-refractivity contribution in [3.8, 4) is 11.1 Å². The summed E-state index contributed by atoms with van der Waals surface area (Å²) in [6.45, 7) is 1.39. The van der Waals surface area contributed by atoms with Crippen molar-refractivity contribution in [3.63, 3.8) is 0 Å². The quantitative estimate of drug-likeness (QED) is 0.303. The molecule has 0 spiro atoms. The Kier molecular flexibility index (Phi) is 5.17. The van der Waals surface area contributed by atoms with Crippen molar-refractivity contribution in [1.29, 1.82) is 0 Å². The fourth-order valence-electron chi connectivity index (χ4n) is 4.28. The number of aromatic amines is 3. The van der Waals surface area contributed by atoms with Crippen LogP contribution in [0.2, 0.25) is 5.02 Å². The van der Waals surface area contributed by atoms with Crippen LogP contribution in [0.25, 0.3) is 32.9 Å². The van der Waals surface area contributed by atoms with Crippen molar-refractivity contribution >= 4 is 39.4 Å². The van der Waals surface area contributed by atoms with E-state index in [9.17, 15) is 28.7 Å².